The summed E-state index contributed by atoms with van der Waals surface area (Å²) in [6.45, 7) is 2.27. The lowest BCUT2D eigenvalue weighted by atomic mass is 9.74. The first kappa shape index (κ1) is 6.96. The molecule has 0 amide bonds. The molecule has 0 spiro atoms. The van der Waals surface area contributed by atoms with Crippen molar-refractivity contribution >= 4 is 13.3 Å². The molecule has 0 bridgehead atoms. The van der Waals surface area contributed by atoms with Crippen LogP contribution in [0, 0.1) is 0 Å². The topological polar surface area (TPSA) is 0 Å². The Kier molecular flexibility index (Phi) is 1.52. The normalized spacial score (nSPS) is 20.6. The molecule has 1 aromatic carbocycles. The van der Waals surface area contributed by atoms with Gasteiger partial charge in [-0.25, -0.2) is 0 Å². The molecule has 0 saturated heterocycles. The summed E-state index contributed by atoms with van der Waals surface area (Å²) in [5.74, 6) is 0.866. The summed E-state index contributed by atoms with van der Waals surface area (Å²) in [5.41, 5.74) is 4.58. The summed E-state index contributed by atoms with van der Waals surface area (Å²) in [5, 5.41) is 0. The molecule has 1 unspecified atom stereocenters. The Labute approximate surface area is 69.0 Å². The molecule has 1 aliphatic rings. The van der Waals surface area contributed by atoms with E-state index in [0.717, 1.165) is 5.92 Å². The van der Waals surface area contributed by atoms with Gasteiger partial charge in [0, 0.05) is 0 Å². The van der Waals surface area contributed by atoms with Gasteiger partial charge in [-0.3, -0.25) is 0 Å². The highest BCUT2D eigenvalue weighted by molar-refractivity contribution is 6.32. The number of benzene rings is 1. The molecule has 0 nitrogen and oxygen atoms in total. The summed E-state index contributed by atoms with van der Waals surface area (Å²) in [7, 11) is 2.17. The molecule has 1 aliphatic carbocycles. The van der Waals surface area contributed by atoms with Crippen LogP contribution in [0.25, 0.3) is 0 Å². The van der Waals surface area contributed by atoms with Crippen molar-refractivity contribution < 1.29 is 0 Å². The summed E-state index contributed by atoms with van der Waals surface area (Å²) in [4.78, 5) is 0. The van der Waals surface area contributed by atoms with Gasteiger partial charge < -0.3 is 0 Å². The Balaban J connectivity index is 2.35. The van der Waals surface area contributed by atoms with E-state index in [0.29, 0.717) is 0 Å². The quantitative estimate of drug-likeness (QED) is 0.515. The van der Waals surface area contributed by atoms with Crippen LogP contribution in [-0.2, 0) is 6.42 Å². The van der Waals surface area contributed by atoms with Gasteiger partial charge in [-0.1, -0.05) is 30.6 Å². The third-order valence-corrected chi connectivity index (χ3v) is 2.70. The first-order chi connectivity index (χ1) is 5.31. The van der Waals surface area contributed by atoms with Gasteiger partial charge >= 0.3 is 0 Å². The van der Waals surface area contributed by atoms with E-state index in [1.54, 1.807) is 11.1 Å². The minimum absolute atomic E-state index is 0.866. The Morgan fingerprint density at radius 1 is 1.55 bits per heavy atom. The lowest BCUT2D eigenvalue weighted by Gasteiger charge is -2.29. The molecule has 0 fully saturated rings. The van der Waals surface area contributed by atoms with Crippen LogP contribution in [0.3, 0.4) is 0 Å². The smallest absolute Gasteiger partial charge is 0.0887 e. The van der Waals surface area contributed by atoms with E-state index >= 15 is 0 Å². The van der Waals surface area contributed by atoms with Gasteiger partial charge in [-0.15, -0.1) is 0 Å². The Morgan fingerprint density at radius 2 is 2.36 bits per heavy atom. The molecule has 1 aromatic rings. The second-order valence-corrected chi connectivity index (χ2v) is 3.51. The SMILES string of the molecule is Bc1ccc2c(c1)CC2CC. The van der Waals surface area contributed by atoms with Crippen molar-refractivity contribution in [3.05, 3.63) is 29.3 Å². The summed E-state index contributed by atoms with van der Waals surface area (Å²) >= 11 is 0. The van der Waals surface area contributed by atoms with Gasteiger partial charge in [-0.2, -0.15) is 0 Å². The average Bonchev–Trinajstić information content (AvgIpc) is 1.95. The lowest BCUT2D eigenvalue weighted by Crippen LogP contribution is -2.19. The Bertz CT molecular complexity index is 278. The van der Waals surface area contributed by atoms with E-state index in [4.69, 9.17) is 0 Å². The Hall–Kier alpha value is -0.715. The third kappa shape index (κ3) is 0.992. The van der Waals surface area contributed by atoms with Gasteiger partial charge in [-0.05, 0) is 29.9 Å². The molecule has 0 radical (unpaired) electrons. The second kappa shape index (κ2) is 2.40. The fourth-order valence-electron chi connectivity index (χ4n) is 1.92. The molecule has 0 N–H and O–H groups in total. The maximum Gasteiger partial charge on any atom is 0.139 e. The minimum Gasteiger partial charge on any atom is -0.0887 e. The van der Waals surface area contributed by atoms with Gasteiger partial charge in [0.25, 0.3) is 0 Å². The van der Waals surface area contributed by atoms with Gasteiger partial charge in [0.1, 0.15) is 7.85 Å². The van der Waals surface area contributed by atoms with Crippen molar-refractivity contribution in [3.8, 4) is 0 Å². The first-order valence-corrected chi connectivity index (χ1v) is 4.40. The predicted octanol–water partition coefficient (Wildman–Crippen LogP) is 0.995. The molecule has 0 saturated carbocycles. The van der Waals surface area contributed by atoms with Crippen LogP contribution in [0.1, 0.15) is 30.4 Å². The zero-order valence-corrected chi connectivity index (χ0v) is 7.22. The maximum atomic E-state index is 2.32. The third-order valence-electron chi connectivity index (χ3n) is 2.70. The van der Waals surface area contributed by atoms with Crippen molar-refractivity contribution in [3.63, 3.8) is 0 Å². The van der Waals surface area contributed by atoms with Gasteiger partial charge in [0.15, 0.2) is 0 Å². The molecular weight excluding hydrogens is 131 g/mol. The lowest BCUT2D eigenvalue weighted by molar-refractivity contribution is 0.589. The van der Waals surface area contributed by atoms with Crippen molar-refractivity contribution in [2.45, 2.75) is 25.7 Å². The van der Waals surface area contributed by atoms with E-state index in [2.05, 4.69) is 33.0 Å². The van der Waals surface area contributed by atoms with Crippen LogP contribution in [0.2, 0.25) is 0 Å². The van der Waals surface area contributed by atoms with Crippen LogP contribution in [-0.4, -0.2) is 7.85 Å². The molecular formula is C10H13B. The monoisotopic (exact) mass is 144 g/mol. The van der Waals surface area contributed by atoms with Crippen LogP contribution in [0.5, 0.6) is 0 Å². The number of fused-ring (bicyclic) bond motifs is 1. The van der Waals surface area contributed by atoms with Crippen molar-refractivity contribution in [2.75, 3.05) is 0 Å². The standard InChI is InChI=1S/C10H13B/c1-2-7-5-8-6-9(11)3-4-10(7)8/h3-4,6-7H,2,5,11H2,1H3. The van der Waals surface area contributed by atoms with E-state index in [1.165, 1.54) is 18.3 Å². The molecule has 2 rings (SSSR count). The highest BCUT2D eigenvalue weighted by Crippen LogP contribution is 2.36. The molecule has 0 aliphatic heterocycles. The first-order valence-electron chi connectivity index (χ1n) is 4.40. The zero-order chi connectivity index (χ0) is 7.84. The van der Waals surface area contributed by atoms with Gasteiger partial charge in [0.05, 0.1) is 0 Å². The summed E-state index contributed by atoms with van der Waals surface area (Å²) in [6.07, 6.45) is 2.61. The summed E-state index contributed by atoms with van der Waals surface area (Å²) < 4.78 is 0. The number of hydrogen-bond donors (Lipinski definition) is 0. The number of rotatable bonds is 1. The van der Waals surface area contributed by atoms with Crippen LogP contribution >= 0.6 is 0 Å². The molecule has 11 heavy (non-hydrogen) atoms. The Morgan fingerprint density at radius 3 is 3.00 bits per heavy atom. The van der Waals surface area contributed by atoms with Crippen LogP contribution < -0.4 is 5.46 Å². The highest BCUT2D eigenvalue weighted by atomic mass is 14.3. The fourth-order valence-corrected chi connectivity index (χ4v) is 1.92. The minimum atomic E-state index is 0.866. The average molecular weight is 144 g/mol. The molecule has 1 atom stereocenters. The van der Waals surface area contributed by atoms with Crippen molar-refractivity contribution in [2.24, 2.45) is 0 Å². The van der Waals surface area contributed by atoms with E-state index in [-0.39, 0.29) is 0 Å². The van der Waals surface area contributed by atoms with E-state index in [1.807, 2.05) is 0 Å². The predicted molar refractivity (Wildman–Crippen MR) is 51.4 cm³/mol. The van der Waals surface area contributed by atoms with Gasteiger partial charge in [0.2, 0.25) is 0 Å². The zero-order valence-electron chi connectivity index (χ0n) is 7.22. The molecule has 56 valence electrons. The van der Waals surface area contributed by atoms with E-state index in [9.17, 15) is 0 Å². The molecule has 0 aromatic heterocycles. The van der Waals surface area contributed by atoms with Crippen LogP contribution in [0.15, 0.2) is 18.2 Å². The van der Waals surface area contributed by atoms with Crippen molar-refractivity contribution in [1.82, 2.24) is 0 Å². The fraction of sp³-hybridized carbons (Fsp3) is 0.400. The summed E-state index contributed by atoms with van der Waals surface area (Å²) in [6, 6.07) is 6.84. The van der Waals surface area contributed by atoms with Crippen molar-refractivity contribution in [1.29, 1.82) is 0 Å². The van der Waals surface area contributed by atoms with E-state index < -0.39 is 0 Å². The molecule has 0 heterocycles. The highest BCUT2D eigenvalue weighted by Gasteiger charge is 2.23. The largest absolute Gasteiger partial charge is 0.139 e. The van der Waals surface area contributed by atoms with Crippen LogP contribution in [0.4, 0.5) is 0 Å². The maximum absolute atomic E-state index is 2.32. The molecule has 1 heteroatoms. The second-order valence-electron chi connectivity index (χ2n) is 3.51. The number of hydrogen-bond acceptors (Lipinski definition) is 0.